The van der Waals surface area contributed by atoms with Crippen molar-refractivity contribution in [2.75, 3.05) is 19.0 Å². The molecule has 2 rings (SSSR count). The highest BCUT2D eigenvalue weighted by Crippen LogP contribution is 2.37. The summed E-state index contributed by atoms with van der Waals surface area (Å²) in [5, 5.41) is 5.56. The molecule has 0 bridgehead atoms. The summed E-state index contributed by atoms with van der Waals surface area (Å²) >= 11 is 0. The van der Waals surface area contributed by atoms with Gasteiger partial charge in [-0.25, -0.2) is 0 Å². The predicted octanol–water partition coefficient (Wildman–Crippen LogP) is 1.80. The van der Waals surface area contributed by atoms with Crippen LogP contribution >= 0.6 is 0 Å². The van der Waals surface area contributed by atoms with Crippen LogP contribution in [-0.2, 0) is 9.59 Å². The number of anilines is 1. The predicted molar refractivity (Wildman–Crippen MR) is 76.5 cm³/mol. The van der Waals surface area contributed by atoms with Gasteiger partial charge in [0, 0.05) is 24.6 Å². The third-order valence-electron chi connectivity index (χ3n) is 3.47. The number of nitrogens with one attached hydrogen (secondary N) is 2. The highest BCUT2D eigenvalue weighted by atomic mass is 16.5. The van der Waals surface area contributed by atoms with Crippen LogP contribution in [-0.4, -0.2) is 25.5 Å². The summed E-state index contributed by atoms with van der Waals surface area (Å²) in [6.45, 7) is 2.44. The summed E-state index contributed by atoms with van der Waals surface area (Å²) in [5.41, 5.74) is 0.720. The van der Waals surface area contributed by atoms with Gasteiger partial charge in [0.25, 0.3) is 0 Å². The molecule has 1 aromatic rings. The van der Waals surface area contributed by atoms with Gasteiger partial charge in [0.1, 0.15) is 5.75 Å². The Bertz CT molecular complexity index is 484. The summed E-state index contributed by atoms with van der Waals surface area (Å²) in [4.78, 5) is 23.3. The molecule has 108 valence electrons. The van der Waals surface area contributed by atoms with Crippen molar-refractivity contribution in [1.82, 2.24) is 5.32 Å². The minimum absolute atomic E-state index is 0.0646. The Labute approximate surface area is 118 Å². The van der Waals surface area contributed by atoms with Crippen molar-refractivity contribution < 1.29 is 14.3 Å². The Morgan fingerprint density at radius 3 is 2.50 bits per heavy atom. The van der Waals surface area contributed by atoms with Crippen LogP contribution in [0, 0.1) is 11.8 Å². The van der Waals surface area contributed by atoms with E-state index in [1.54, 1.807) is 31.4 Å². The van der Waals surface area contributed by atoms with Gasteiger partial charge < -0.3 is 15.4 Å². The molecule has 2 N–H and O–H groups in total. The Balaban J connectivity index is 1.68. The molecule has 0 saturated heterocycles. The zero-order valence-electron chi connectivity index (χ0n) is 11.8. The van der Waals surface area contributed by atoms with E-state index < -0.39 is 0 Å². The zero-order valence-corrected chi connectivity index (χ0v) is 11.8. The molecule has 2 atom stereocenters. The summed E-state index contributed by atoms with van der Waals surface area (Å²) < 4.78 is 5.04. The van der Waals surface area contributed by atoms with Crippen LogP contribution in [0.25, 0.3) is 0 Å². The van der Waals surface area contributed by atoms with Crippen LogP contribution in [0.15, 0.2) is 24.3 Å². The van der Waals surface area contributed by atoms with Gasteiger partial charge >= 0.3 is 0 Å². The third kappa shape index (κ3) is 3.98. The molecule has 1 saturated carbocycles. The van der Waals surface area contributed by atoms with E-state index in [0.717, 1.165) is 17.9 Å². The molecule has 5 heteroatoms. The maximum atomic E-state index is 11.7. The molecule has 1 aromatic carbocycles. The number of ether oxygens (including phenoxy) is 1. The van der Waals surface area contributed by atoms with Crippen molar-refractivity contribution in [3.05, 3.63) is 24.3 Å². The van der Waals surface area contributed by atoms with Crippen LogP contribution in [0.3, 0.4) is 0 Å². The van der Waals surface area contributed by atoms with Gasteiger partial charge in [0.05, 0.1) is 7.11 Å². The second-order valence-electron chi connectivity index (χ2n) is 5.14. The first-order valence-corrected chi connectivity index (χ1v) is 6.81. The SMILES string of the molecule is COc1ccc(NC(=O)CCNC(=O)[C@@H]2C[C@H]2C)cc1. The fourth-order valence-corrected chi connectivity index (χ4v) is 2.02. The second kappa shape index (κ2) is 6.41. The molecule has 0 unspecified atom stereocenters. The van der Waals surface area contributed by atoms with E-state index in [9.17, 15) is 9.59 Å². The number of hydrogen-bond donors (Lipinski definition) is 2. The smallest absolute Gasteiger partial charge is 0.226 e. The second-order valence-corrected chi connectivity index (χ2v) is 5.14. The van der Waals surface area contributed by atoms with Crippen LogP contribution in [0.4, 0.5) is 5.69 Å². The standard InChI is InChI=1S/C15H20N2O3/c1-10-9-13(10)15(19)16-8-7-14(18)17-11-3-5-12(20-2)6-4-11/h3-6,10,13H,7-9H2,1-2H3,(H,16,19)(H,17,18)/t10-,13-/m1/s1. The minimum atomic E-state index is -0.112. The van der Waals surface area contributed by atoms with Crippen LogP contribution in [0.1, 0.15) is 19.8 Å². The third-order valence-corrected chi connectivity index (χ3v) is 3.47. The van der Waals surface area contributed by atoms with Gasteiger partial charge in [-0.05, 0) is 36.6 Å². The van der Waals surface area contributed by atoms with E-state index in [-0.39, 0.29) is 24.2 Å². The topological polar surface area (TPSA) is 67.4 Å². The van der Waals surface area contributed by atoms with Crippen molar-refractivity contribution in [1.29, 1.82) is 0 Å². The highest BCUT2D eigenvalue weighted by Gasteiger charge is 2.38. The maximum Gasteiger partial charge on any atom is 0.226 e. The van der Waals surface area contributed by atoms with Crippen molar-refractivity contribution in [2.45, 2.75) is 19.8 Å². The molecule has 0 aliphatic heterocycles. The number of carbonyl (C=O) groups excluding carboxylic acids is 2. The molecule has 5 nitrogen and oxygen atoms in total. The number of carbonyl (C=O) groups is 2. The average Bonchev–Trinajstić information content (AvgIpc) is 3.17. The number of benzene rings is 1. The van der Waals surface area contributed by atoms with Crippen LogP contribution in [0.2, 0.25) is 0 Å². The van der Waals surface area contributed by atoms with Gasteiger partial charge in [-0.1, -0.05) is 6.92 Å². The molecular formula is C15H20N2O3. The van der Waals surface area contributed by atoms with Crippen molar-refractivity contribution in [3.63, 3.8) is 0 Å². The van der Waals surface area contributed by atoms with E-state index >= 15 is 0 Å². The van der Waals surface area contributed by atoms with Crippen molar-refractivity contribution >= 4 is 17.5 Å². The molecular weight excluding hydrogens is 256 g/mol. The van der Waals surface area contributed by atoms with E-state index in [1.807, 2.05) is 0 Å². The summed E-state index contributed by atoms with van der Waals surface area (Å²) in [6.07, 6.45) is 1.24. The Morgan fingerprint density at radius 1 is 1.30 bits per heavy atom. The van der Waals surface area contributed by atoms with Gasteiger partial charge in [0.2, 0.25) is 11.8 Å². The van der Waals surface area contributed by atoms with Gasteiger partial charge in [-0.15, -0.1) is 0 Å². The summed E-state index contributed by atoms with van der Waals surface area (Å²) in [6, 6.07) is 7.13. The number of amides is 2. The summed E-state index contributed by atoms with van der Waals surface area (Å²) in [5.74, 6) is 1.34. The first kappa shape index (κ1) is 14.4. The van der Waals surface area contributed by atoms with Gasteiger partial charge in [-0.3, -0.25) is 9.59 Å². The number of rotatable bonds is 6. The first-order valence-electron chi connectivity index (χ1n) is 6.81. The normalized spacial score (nSPS) is 20.1. The molecule has 2 amide bonds. The van der Waals surface area contributed by atoms with E-state index in [1.165, 1.54) is 0 Å². The molecule has 0 radical (unpaired) electrons. The largest absolute Gasteiger partial charge is 0.497 e. The van der Waals surface area contributed by atoms with E-state index in [4.69, 9.17) is 4.74 Å². The van der Waals surface area contributed by atoms with E-state index in [2.05, 4.69) is 17.6 Å². The fraction of sp³-hybridized carbons (Fsp3) is 0.467. The molecule has 1 aliphatic rings. The number of methoxy groups -OCH3 is 1. The Morgan fingerprint density at radius 2 is 1.95 bits per heavy atom. The molecule has 1 fully saturated rings. The highest BCUT2D eigenvalue weighted by molar-refractivity contribution is 5.91. The first-order chi connectivity index (χ1) is 9.60. The van der Waals surface area contributed by atoms with Crippen LogP contribution in [0.5, 0.6) is 5.75 Å². The molecule has 0 heterocycles. The summed E-state index contributed by atoms with van der Waals surface area (Å²) in [7, 11) is 1.59. The van der Waals surface area contributed by atoms with Gasteiger partial charge in [0.15, 0.2) is 0 Å². The monoisotopic (exact) mass is 276 g/mol. The lowest BCUT2D eigenvalue weighted by atomic mass is 10.3. The average molecular weight is 276 g/mol. The molecule has 0 spiro atoms. The van der Waals surface area contributed by atoms with Crippen LogP contribution < -0.4 is 15.4 Å². The quantitative estimate of drug-likeness (QED) is 0.832. The lowest BCUT2D eigenvalue weighted by molar-refractivity contribution is -0.122. The molecule has 1 aliphatic carbocycles. The number of hydrogen-bond acceptors (Lipinski definition) is 3. The minimum Gasteiger partial charge on any atom is -0.497 e. The van der Waals surface area contributed by atoms with E-state index in [0.29, 0.717) is 12.5 Å². The Kier molecular flexibility index (Phi) is 4.61. The molecule has 0 aromatic heterocycles. The fourth-order valence-electron chi connectivity index (χ4n) is 2.02. The van der Waals surface area contributed by atoms with Crippen molar-refractivity contribution in [3.8, 4) is 5.75 Å². The lowest BCUT2D eigenvalue weighted by Gasteiger charge is -2.07. The van der Waals surface area contributed by atoms with Gasteiger partial charge in [-0.2, -0.15) is 0 Å². The molecule has 20 heavy (non-hydrogen) atoms. The lowest BCUT2D eigenvalue weighted by Crippen LogP contribution is -2.29. The van der Waals surface area contributed by atoms with Crippen molar-refractivity contribution in [2.24, 2.45) is 11.8 Å². The maximum absolute atomic E-state index is 11.7. The zero-order chi connectivity index (χ0) is 14.5. The Hall–Kier alpha value is -2.04.